The maximum absolute atomic E-state index is 8.68. The van der Waals surface area contributed by atoms with Crippen molar-refractivity contribution < 1.29 is 0 Å². The van der Waals surface area contributed by atoms with E-state index in [-0.39, 0.29) is 0 Å². The molecule has 1 aromatic heterocycles. The van der Waals surface area contributed by atoms with E-state index in [0.29, 0.717) is 5.69 Å². The van der Waals surface area contributed by atoms with Crippen LogP contribution in [0.3, 0.4) is 0 Å². The molecule has 0 fully saturated rings. The highest BCUT2D eigenvalue weighted by atomic mass is 14.8. The zero-order chi connectivity index (χ0) is 8.81. The molecule has 0 spiro atoms. The molecule has 0 aliphatic carbocycles. The Morgan fingerprint density at radius 3 is 3.17 bits per heavy atom. The summed E-state index contributed by atoms with van der Waals surface area (Å²) in [6, 6.07) is 5.85. The van der Waals surface area contributed by atoms with Crippen molar-refractivity contribution in [3.05, 3.63) is 29.6 Å². The zero-order valence-corrected chi connectivity index (χ0v) is 7.04. The number of nitrogens with one attached hydrogen (secondary N) is 1. The van der Waals surface area contributed by atoms with E-state index < -0.39 is 0 Å². The van der Waals surface area contributed by atoms with Crippen molar-refractivity contribution >= 4 is 0 Å². The Hall–Kier alpha value is -1.40. The van der Waals surface area contributed by atoms with E-state index in [1.165, 1.54) is 0 Å². The maximum atomic E-state index is 8.68. The van der Waals surface area contributed by atoms with E-state index in [1.807, 2.05) is 19.2 Å². The molecular weight excluding hydrogens is 150 g/mol. The predicted molar refractivity (Wildman–Crippen MR) is 46.6 cm³/mol. The van der Waals surface area contributed by atoms with Crippen LogP contribution in [0, 0.1) is 11.3 Å². The second-order valence-corrected chi connectivity index (χ2v) is 2.48. The fourth-order valence-corrected chi connectivity index (χ4v) is 1.00. The molecule has 62 valence electrons. The van der Waals surface area contributed by atoms with E-state index in [2.05, 4.69) is 16.4 Å². The van der Waals surface area contributed by atoms with E-state index in [9.17, 15) is 0 Å². The minimum Gasteiger partial charge on any atom is -0.319 e. The van der Waals surface area contributed by atoms with Crippen LogP contribution in [0.4, 0.5) is 0 Å². The van der Waals surface area contributed by atoms with Gasteiger partial charge in [0.25, 0.3) is 0 Å². The van der Waals surface area contributed by atoms with Crippen LogP contribution in [0.15, 0.2) is 18.3 Å². The number of hydrogen-bond acceptors (Lipinski definition) is 3. The average Bonchev–Trinajstić information content (AvgIpc) is 2.15. The smallest absolute Gasteiger partial charge is 0.143 e. The predicted octanol–water partition coefficient (Wildman–Crippen LogP) is 0.715. The Kier molecular flexibility index (Phi) is 3.24. The van der Waals surface area contributed by atoms with Crippen molar-refractivity contribution in [1.82, 2.24) is 10.3 Å². The molecule has 0 aliphatic rings. The van der Waals surface area contributed by atoms with Crippen LogP contribution in [0.1, 0.15) is 11.3 Å². The van der Waals surface area contributed by atoms with Gasteiger partial charge >= 0.3 is 0 Å². The third-order valence-corrected chi connectivity index (χ3v) is 1.64. The summed E-state index contributed by atoms with van der Waals surface area (Å²) in [6.07, 6.45) is 2.49. The van der Waals surface area contributed by atoms with Crippen LogP contribution in [0.2, 0.25) is 0 Å². The molecule has 0 radical (unpaired) electrons. The molecule has 0 unspecified atom stereocenters. The molecule has 1 rings (SSSR count). The average molecular weight is 161 g/mol. The number of nitrogens with zero attached hydrogens (tertiary/aromatic N) is 2. The van der Waals surface area contributed by atoms with E-state index >= 15 is 0 Å². The first-order chi connectivity index (χ1) is 5.88. The largest absolute Gasteiger partial charge is 0.319 e. The number of pyridine rings is 1. The van der Waals surface area contributed by atoms with Crippen LogP contribution in [0.25, 0.3) is 0 Å². The molecule has 3 nitrogen and oxygen atoms in total. The standard InChI is InChI=1S/C9H11N3/c1-11-6-4-8-3-2-5-12-9(8)7-10/h2-3,5,11H,4,6H2,1H3. The third-order valence-electron chi connectivity index (χ3n) is 1.64. The molecule has 0 bridgehead atoms. The molecule has 3 heteroatoms. The second-order valence-electron chi connectivity index (χ2n) is 2.48. The highest BCUT2D eigenvalue weighted by molar-refractivity contribution is 5.30. The van der Waals surface area contributed by atoms with Gasteiger partial charge in [0.15, 0.2) is 0 Å². The Bertz CT molecular complexity index is 288. The first-order valence-corrected chi connectivity index (χ1v) is 3.87. The highest BCUT2D eigenvalue weighted by Gasteiger charge is 1.99. The molecule has 0 aliphatic heterocycles. The summed E-state index contributed by atoms with van der Waals surface area (Å²) in [6.45, 7) is 0.875. The van der Waals surface area contributed by atoms with Gasteiger partial charge in [0, 0.05) is 6.20 Å². The Morgan fingerprint density at radius 1 is 1.67 bits per heavy atom. The summed E-state index contributed by atoms with van der Waals surface area (Å²) >= 11 is 0. The first kappa shape index (κ1) is 8.69. The summed E-state index contributed by atoms with van der Waals surface area (Å²) < 4.78 is 0. The van der Waals surface area contributed by atoms with E-state index in [4.69, 9.17) is 5.26 Å². The van der Waals surface area contributed by atoms with Crippen molar-refractivity contribution in [3.8, 4) is 6.07 Å². The van der Waals surface area contributed by atoms with E-state index in [1.54, 1.807) is 6.20 Å². The summed E-state index contributed by atoms with van der Waals surface area (Å²) in [5, 5.41) is 11.7. The summed E-state index contributed by atoms with van der Waals surface area (Å²) in [5.74, 6) is 0. The molecule has 0 amide bonds. The summed E-state index contributed by atoms with van der Waals surface area (Å²) in [4.78, 5) is 3.96. The van der Waals surface area contributed by atoms with Gasteiger partial charge in [-0.15, -0.1) is 0 Å². The topological polar surface area (TPSA) is 48.7 Å². The van der Waals surface area contributed by atoms with Gasteiger partial charge in [-0.1, -0.05) is 6.07 Å². The summed E-state index contributed by atoms with van der Waals surface area (Å²) in [7, 11) is 1.89. The van der Waals surface area contributed by atoms with Crippen LogP contribution in [-0.4, -0.2) is 18.6 Å². The lowest BCUT2D eigenvalue weighted by molar-refractivity contribution is 0.787. The molecule has 12 heavy (non-hydrogen) atoms. The van der Waals surface area contributed by atoms with Gasteiger partial charge < -0.3 is 5.32 Å². The van der Waals surface area contributed by atoms with Crippen molar-refractivity contribution in [2.24, 2.45) is 0 Å². The molecular formula is C9H11N3. The molecule has 0 aromatic carbocycles. The van der Waals surface area contributed by atoms with Crippen LogP contribution in [0.5, 0.6) is 0 Å². The van der Waals surface area contributed by atoms with Gasteiger partial charge in [-0.2, -0.15) is 5.26 Å². The number of aromatic nitrogens is 1. The third kappa shape index (κ3) is 2.04. The number of likely N-dealkylation sites (N-methyl/N-ethyl adjacent to an activating group) is 1. The fraction of sp³-hybridized carbons (Fsp3) is 0.333. The van der Waals surface area contributed by atoms with Gasteiger partial charge in [-0.3, -0.25) is 0 Å². The number of rotatable bonds is 3. The lowest BCUT2D eigenvalue weighted by atomic mass is 10.1. The first-order valence-electron chi connectivity index (χ1n) is 3.87. The number of nitriles is 1. The van der Waals surface area contributed by atoms with Crippen molar-refractivity contribution in [2.75, 3.05) is 13.6 Å². The molecule has 0 saturated carbocycles. The van der Waals surface area contributed by atoms with Gasteiger partial charge in [0.1, 0.15) is 11.8 Å². The fourth-order valence-electron chi connectivity index (χ4n) is 1.00. The molecule has 0 saturated heterocycles. The van der Waals surface area contributed by atoms with Crippen LogP contribution >= 0.6 is 0 Å². The zero-order valence-electron chi connectivity index (χ0n) is 7.04. The normalized spacial score (nSPS) is 9.33. The quantitative estimate of drug-likeness (QED) is 0.710. The summed E-state index contributed by atoms with van der Waals surface area (Å²) in [5.41, 5.74) is 1.54. The Labute approximate surface area is 72.1 Å². The Morgan fingerprint density at radius 2 is 2.50 bits per heavy atom. The highest BCUT2D eigenvalue weighted by Crippen LogP contribution is 2.03. The molecule has 1 N–H and O–H groups in total. The van der Waals surface area contributed by atoms with Crippen molar-refractivity contribution in [2.45, 2.75) is 6.42 Å². The Balaban J connectivity index is 2.77. The monoisotopic (exact) mass is 161 g/mol. The van der Waals surface area contributed by atoms with Gasteiger partial charge in [0.05, 0.1) is 0 Å². The van der Waals surface area contributed by atoms with Crippen LogP contribution in [-0.2, 0) is 6.42 Å². The molecule has 1 heterocycles. The van der Waals surface area contributed by atoms with Gasteiger partial charge in [-0.05, 0) is 31.6 Å². The second kappa shape index (κ2) is 4.47. The maximum Gasteiger partial charge on any atom is 0.143 e. The minimum atomic E-state index is 0.535. The van der Waals surface area contributed by atoms with E-state index in [0.717, 1.165) is 18.5 Å². The SMILES string of the molecule is CNCCc1cccnc1C#N. The van der Waals surface area contributed by atoms with Gasteiger partial charge in [0.2, 0.25) is 0 Å². The number of hydrogen-bond donors (Lipinski definition) is 1. The lowest BCUT2D eigenvalue weighted by Crippen LogP contribution is -2.11. The van der Waals surface area contributed by atoms with Crippen LogP contribution < -0.4 is 5.32 Å². The molecule has 1 aromatic rings. The lowest BCUT2D eigenvalue weighted by Gasteiger charge is -2.00. The molecule has 0 atom stereocenters. The van der Waals surface area contributed by atoms with Crippen molar-refractivity contribution in [1.29, 1.82) is 5.26 Å². The minimum absolute atomic E-state index is 0.535. The van der Waals surface area contributed by atoms with Gasteiger partial charge in [-0.25, -0.2) is 4.98 Å². The van der Waals surface area contributed by atoms with Crippen molar-refractivity contribution in [3.63, 3.8) is 0 Å².